The number of benzene rings is 2. The highest BCUT2D eigenvalue weighted by Crippen LogP contribution is 2.22. The van der Waals surface area contributed by atoms with Gasteiger partial charge >= 0.3 is 0 Å². The van der Waals surface area contributed by atoms with Crippen molar-refractivity contribution >= 4 is 17.5 Å². The molecule has 1 N–H and O–H groups in total. The highest BCUT2D eigenvalue weighted by Gasteiger charge is 2.28. The molecule has 1 aliphatic heterocycles. The molecule has 2 aromatic carbocycles. The molecule has 1 atom stereocenters. The topological polar surface area (TPSA) is 52.7 Å². The predicted octanol–water partition coefficient (Wildman–Crippen LogP) is 3.40. The van der Waals surface area contributed by atoms with Crippen LogP contribution >= 0.6 is 0 Å². The lowest BCUT2D eigenvalue weighted by molar-refractivity contribution is -0.121. The van der Waals surface area contributed by atoms with Crippen molar-refractivity contribution in [3.63, 3.8) is 0 Å². The van der Waals surface area contributed by atoms with Crippen LogP contribution in [-0.2, 0) is 4.79 Å². The number of amides is 2. The molecule has 1 fully saturated rings. The van der Waals surface area contributed by atoms with Gasteiger partial charge < -0.3 is 10.2 Å². The van der Waals surface area contributed by atoms with Gasteiger partial charge in [0, 0.05) is 37.4 Å². The number of carbonyl (C=O) groups is 2. The van der Waals surface area contributed by atoms with E-state index in [4.69, 9.17) is 0 Å². The van der Waals surface area contributed by atoms with Crippen LogP contribution < -0.4 is 5.32 Å². The summed E-state index contributed by atoms with van der Waals surface area (Å²) in [5.41, 5.74) is 4.97. The van der Waals surface area contributed by atoms with Crippen molar-refractivity contribution in [3.8, 4) is 0 Å². The third kappa shape index (κ3) is 4.42. The van der Waals surface area contributed by atoms with Gasteiger partial charge in [0.2, 0.25) is 5.91 Å². The van der Waals surface area contributed by atoms with Crippen LogP contribution in [0.3, 0.4) is 0 Å². The number of carbonyl (C=O) groups excluding carboxylic acids is 2. The van der Waals surface area contributed by atoms with Crippen molar-refractivity contribution in [2.75, 3.05) is 31.5 Å². The minimum atomic E-state index is -0.242. The molecule has 3 rings (SSSR count). The maximum absolute atomic E-state index is 12.8. The Balaban J connectivity index is 1.58. The van der Waals surface area contributed by atoms with Gasteiger partial charge in [-0.05, 0) is 51.0 Å². The monoisotopic (exact) mass is 379 g/mol. The molecule has 0 aromatic heterocycles. The van der Waals surface area contributed by atoms with E-state index >= 15 is 0 Å². The van der Waals surface area contributed by atoms with E-state index in [9.17, 15) is 9.59 Å². The first-order valence-electron chi connectivity index (χ1n) is 9.84. The average molecular weight is 380 g/mol. The van der Waals surface area contributed by atoms with Crippen LogP contribution in [0.5, 0.6) is 0 Å². The van der Waals surface area contributed by atoms with Crippen LogP contribution in [0, 0.1) is 20.8 Å². The van der Waals surface area contributed by atoms with Gasteiger partial charge in [0.15, 0.2) is 0 Å². The minimum Gasteiger partial charge on any atom is -0.336 e. The highest BCUT2D eigenvalue weighted by atomic mass is 16.2. The minimum absolute atomic E-state index is 0.00195. The normalized spacial score (nSPS) is 15.9. The van der Waals surface area contributed by atoms with Gasteiger partial charge in [0.25, 0.3) is 5.91 Å². The van der Waals surface area contributed by atoms with E-state index in [1.54, 1.807) is 0 Å². The summed E-state index contributed by atoms with van der Waals surface area (Å²) in [5, 5.41) is 3.10. The number of anilines is 1. The molecule has 5 heteroatoms. The number of hydrogen-bond acceptors (Lipinski definition) is 3. The van der Waals surface area contributed by atoms with Gasteiger partial charge in [0.1, 0.15) is 0 Å². The van der Waals surface area contributed by atoms with E-state index in [1.807, 2.05) is 56.0 Å². The smallest absolute Gasteiger partial charge is 0.253 e. The zero-order chi connectivity index (χ0) is 20.3. The Bertz CT molecular complexity index is 832. The number of nitrogens with one attached hydrogen (secondary N) is 1. The summed E-state index contributed by atoms with van der Waals surface area (Å²) in [6, 6.07) is 13.3. The zero-order valence-corrected chi connectivity index (χ0v) is 17.2. The molecule has 0 aliphatic carbocycles. The quantitative estimate of drug-likeness (QED) is 0.886. The van der Waals surface area contributed by atoms with E-state index in [1.165, 1.54) is 5.56 Å². The average Bonchev–Trinajstić information content (AvgIpc) is 2.70. The molecule has 148 valence electrons. The van der Waals surface area contributed by atoms with Crippen molar-refractivity contribution in [2.24, 2.45) is 0 Å². The predicted molar refractivity (Wildman–Crippen MR) is 113 cm³/mol. The van der Waals surface area contributed by atoms with Crippen molar-refractivity contribution in [1.82, 2.24) is 9.80 Å². The molecule has 0 bridgehead atoms. The van der Waals surface area contributed by atoms with Crippen molar-refractivity contribution in [1.29, 1.82) is 0 Å². The fraction of sp³-hybridized carbons (Fsp3) is 0.391. The van der Waals surface area contributed by atoms with Crippen molar-refractivity contribution in [3.05, 3.63) is 64.7 Å². The third-order valence-corrected chi connectivity index (χ3v) is 5.47. The Hall–Kier alpha value is -2.66. The summed E-state index contributed by atoms with van der Waals surface area (Å²) in [5.74, 6) is 0.0566. The number of rotatable bonds is 4. The van der Waals surface area contributed by atoms with E-state index in [2.05, 4.69) is 29.3 Å². The molecule has 5 nitrogen and oxygen atoms in total. The lowest BCUT2D eigenvalue weighted by Crippen LogP contribution is -2.54. The van der Waals surface area contributed by atoms with Crippen molar-refractivity contribution in [2.45, 2.75) is 33.7 Å². The van der Waals surface area contributed by atoms with Crippen molar-refractivity contribution < 1.29 is 9.59 Å². The molecule has 2 aromatic rings. The van der Waals surface area contributed by atoms with E-state index in [-0.39, 0.29) is 17.9 Å². The first-order valence-corrected chi connectivity index (χ1v) is 9.84. The van der Waals surface area contributed by atoms with E-state index in [0.717, 1.165) is 16.8 Å². The maximum atomic E-state index is 12.8. The first-order chi connectivity index (χ1) is 13.4. The number of aryl methyl sites for hydroxylation is 3. The number of piperazine rings is 1. The SMILES string of the molecule is Cc1cc(C)c(NC(=O)C(C)N2CCN(C(=O)c3ccccc3)CC2)c(C)c1. The summed E-state index contributed by atoms with van der Waals surface area (Å²) in [4.78, 5) is 29.4. The van der Waals surface area contributed by atoms with Gasteiger partial charge in [-0.2, -0.15) is 0 Å². The lowest BCUT2D eigenvalue weighted by atomic mass is 10.0. The number of nitrogens with zero attached hydrogens (tertiary/aromatic N) is 2. The molecular formula is C23H29N3O2. The zero-order valence-electron chi connectivity index (χ0n) is 17.2. The van der Waals surface area contributed by atoms with E-state index in [0.29, 0.717) is 31.7 Å². The van der Waals surface area contributed by atoms with Crippen LogP contribution in [0.25, 0.3) is 0 Å². The summed E-state index contributed by atoms with van der Waals surface area (Å²) in [7, 11) is 0. The third-order valence-electron chi connectivity index (χ3n) is 5.47. The van der Waals surface area contributed by atoms with Crippen LogP contribution in [0.15, 0.2) is 42.5 Å². The second-order valence-corrected chi connectivity index (χ2v) is 7.63. The molecule has 28 heavy (non-hydrogen) atoms. The summed E-state index contributed by atoms with van der Waals surface area (Å²) in [6.07, 6.45) is 0. The Labute approximate surface area is 167 Å². The Morgan fingerprint density at radius 1 is 0.929 bits per heavy atom. The molecule has 0 spiro atoms. The standard InChI is InChI=1S/C23H29N3O2/c1-16-14-17(2)21(18(3)15-16)24-22(27)19(4)25-10-12-26(13-11-25)23(28)20-8-6-5-7-9-20/h5-9,14-15,19H,10-13H2,1-4H3,(H,24,27). The van der Waals surface area contributed by atoms with Crippen LogP contribution in [0.2, 0.25) is 0 Å². The van der Waals surface area contributed by atoms with Gasteiger partial charge in [-0.3, -0.25) is 14.5 Å². The molecule has 2 amide bonds. The number of hydrogen-bond donors (Lipinski definition) is 1. The molecule has 0 saturated carbocycles. The van der Waals surface area contributed by atoms with E-state index < -0.39 is 0 Å². The Morgan fingerprint density at radius 2 is 1.50 bits per heavy atom. The van der Waals surface area contributed by atoms with Gasteiger partial charge in [0.05, 0.1) is 6.04 Å². The summed E-state index contributed by atoms with van der Waals surface area (Å²) < 4.78 is 0. The molecule has 1 saturated heterocycles. The molecule has 1 unspecified atom stereocenters. The Morgan fingerprint density at radius 3 is 2.07 bits per heavy atom. The fourth-order valence-corrected chi connectivity index (χ4v) is 3.85. The second kappa shape index (κ2) is 8.57. The maximum Gasteiger partial charge on any atom is 0.253 e. The molecule has 1 heterocycles. The largest absolute Gasteiger partial charge is 0.336 e. The van der Waals surface area contributed by atoms with Gasteiger partial charge in [-0.25, -0.2) is 0 Å². The molecule has 0 radical (unpaired) electrons. The second-order valence-electron chi connectivity index (χ2n) is 7.63. The van der Waals surface area contributed by atoms with Crippen LogP contribution in [-0.4, -0.2) is 53.8 Å². The fourth-order valence-electron chi connectivity index (χ4n) is 3.85. The van der Waals surface area contributed by atoms with Gasteiger partial charge in [-0.15, -0.1) is 0 Å². The molecular weight excluding hydrogens is 350 g/mol. The molecule has 1 aliphatic rings. The van der Waals surface area contributed by atoms with Crippen LogP contribution in [0.1, 0.15) is 34.0 Å². The first kappa shape index (κ1) is 20.1. The van der Waals surface area contributed by atoms with Gasteiger partial charge in [-0.1, -0.05) is 35.9 Å². The highest BCUT2D eigenvalue weighted by molar-refractivity contribution is 5.96. The summed E-state index contributed by atoms with van der Waals surface area (Å²) in [6.45, 7) is 10.7. The van der Waals surface area contributed by atoms with Crippen LogP contribution in [0.4, 0.5) is 5.69 Å². The summed E-state index contributed by atoms with van der Waals surface area (Å²) >= 11 is 0. The lowest BCUT2D eigenvalue weighted by Gasteiger charge is -2.37. The Kier molecular flexibility index (Phi) is 6.15.